The van der Waals surface area contributed by atoms with Gasteiger partial charge < -0.3 is 19.7 Å². The summed E-state index contributed by atoms with van der Waals surface area (Å²) in [5.41, 5.74) is 1.52. The van der Waals surface area contributed by atoms with Crippen LogP contribution in [0.4, 0.5) is 10.5 Å². The minimum Gasteiger partial charge on any atom is -0.490 e. The number of ether oxygens (including phenoxy) is 2. The van der Waals surface area contributed by atoms with Crippen LogP contribution in [0.2, 0.25) is 0 Å². The van der Waals surface area contributed by atoms with Gasteiger partial charge in [0, 0.05) is 44.1 Å². The van der Waals surface area contributed by atoms with Gasteiger partial charge in [0.2, 0.25) is 5.91 Å². The van der Waals surface area contributed by atoms with E-state index in [4.69, 9.17) is 9.47 Å². The zero-order valence-corrected chi connectivity index (χ0v) is 15.1. The number of carbonyl (C=O) groups excluding carboxylic acids is 2. The highest BCUT2D eigenvalue weighted by Crippen LogP contribution is 2.29. The van der Waals surface area contributed by atoms with Crippen LogP contribution in [-0.2, 0) is 16.0 Å². The lowest BCUT2D eigenvalue weighted by Gasteiger charge is -2.33. The molecule has 2 aliphatic rings. The summed E-state index contributed by atoms with van der Waals surface area (Å²) >= 11 is 0. The molecule has 2 heterocycles. The van der Waals surface area contributed by atoms with Crippen molar-refractivity contribution in [3.8, 4) is 5.75 Å². The number of fused-ring (bicyclic) bond motifs is 1. The fraction of sp³-hybridized carbons (Fsp3) is 0.579. The first-order valence-corrected chi connectivity index (χ1v) is 8.87. The van der Waals surface area contributed by atoms with Crippen LogP contribution in [0.15, 0.2) is 18.2 Å². The number of amides is 2. The highest BCUT2D eigenvalue weighted by molar-refractivity contribution is 5.94. The standard InChI is InChI=1S/C19H26N2O4/c1-19(2,3)25-18(23)21-10-8-14(9-11-21)24-15-6-4-13-5-7-17(22)20-16(13)12-15/h4,6,12,14H,5,7-11H2,1-3H3,(H,20,22). The summed E-state index contributed by atoms with van der Waals surface area (Å²) in [6, 6.07) is 5.86. The van der Waals surface area contributed by atoms with Crippen LogP contribution in [0.1, 0.15) is 45.6 Å². The molecular weight excluding hydrogens is 320 g/mol. The number of aryl methyl sites for hydroxylation is 1. The van der Waals surface area contributed by atoms with Gasteiger partial charge in [-0.25, -0.2) is 4.79 Å². The van der Waals surface area contributed by atoms with Crippen molar-refractivity contribution < 1.29 is 19.1 Å². The first kappa shape index (κ1) is 17.6. The molecule has 0 radical (unpaired) electrons. The van der Waals surface area contributed by atoms with E-state index in [1.54, 1.807) is 4.90 Å². The predicted molar refractivity (Wildman–Crippen MR) is 94.8 cm³/mol. The second-order valence-electron chi connectivity index (χ2n) is 7.65. The zero-order valence-electron chi connectivity index (χ0n) is 15.1. The van der Waals surface area contributed by atoms with Crippen molar-refractivity contribution in [2.75, 3.05) is 18.4 Å². The van der Waals surface area contributed by atoms with Gasteiger partial charge in [0.1, 0.15) is 17.5 Å². The normalized spacial score (nSPS) is 18.4. The summed E-state index contributed by atoms with van der Waals surface area (Å²) in [6.07, 6.45) is 2.65. The predicted octanol–water partition coefficient (Wildman–Crippen LogP) is 3.35. The van der Waals surface area contributed by atoms with E-state index in [0.717, 1.165) is 36.3 Å². The average molecular weight is 346 g/mol. The molecule has 0 saturated carbocycles. The maximum absolute atomic E-state index is 12.1. The van der Waals surface area contributed by atoms with Crippen LogP contribution >= 0.6 is 0 Å². The van der Waals surface area contributed by atoms with Gasteiger partial charge in [-0.1, -0.05) is 6.07 Å². The molecule has 1 saturated heterocycles. The Hall–Kier alpha value is -2.24. The Bertz CT molecular complexity index is 658. The summed E-state index contributed by atoms with van der Waals surface area (Å²) in [6.45, 7) is 6.86. The number of likely N-dealkylation sites (tertiary alicyclic amines) is 1. The monoisotopic (exact) mass is 346 g/mol. The number of hydrogen-bond donors (Lipinski definition) is 1. The van der Waals surface area contributed by atoms with E-state index >= 15 is 0 Å². The minimum atomic E-state index is -0.474. The molecule has 1 fully saturated rings. The topological polar surface area (TPSA) is 67.9 Å². The quantitative estimate of drug-likeness (QED) is 0.892. The third-order valence-electron chi connectivity index (χ3n) is 4.37. The van der Waals surface area contributed by atoms with E-state index in [-0.39, 0.29) is 18.1 Å². The molecule has 1 aromatic rings. The maximum Gasteiger partial charge on any atom is 0.410 e. The summed E-state index contributed by atoms with van der Waals surface area (Å²) in [7, 11) is 0. The molecule has 6 heteroatoms. The lowest BCUT2D eigenvalue weighted by molar-refractivity contribution is -0.116. The van der Waals surface area contributed by atoms with E-state index in [0.29, 0.717) is 19.5 Å². The second kappa shape index (κ2) is 6.94. The number of nitrogens with zero attached hydrogens (tertiary/aromatic N) is 1. The number of carbonyl (C=O) groups is 2. The molecule has 2 amide bonds. The van der Waals surface area contributed by atoms with Crippen LogP contribution in [-0.4, -0.2) is 41.7 Å². The van der Waals surface area contributed by atoms with Gasteiger partial charge in [-0.05, 0) is 38.8 Å². The van der Waals surface area contributed by atoms with Crippen LogP contribution in [0, 0.1) is 0 Å². The third kappa shape index (κ3) is 4.65. The Balaban J connectivity index is 1.53. The fourth-order valence-corrected chi connectivity index (χ4v) is 3.10. The molecule has 0 spiro atoms. The first-order valence-electron chi connectivity index (χ1n) is 8.87. The van der Waals surface area contributed by atoms with Gasteiger partial charge in [-0.15, -0.1) is 0 Å². The van der Waals surface area contributed by atoms with E-state index in [1.807, 2.05) is 39.0 Å². The summed E-state index contributed by atoms with van der Waals surface area (Å²) in [4.78, 5) is 25.4. The molecule has 1 N–H and O–H groups in total. The molecule has 0 aliphatic carbocycles. The molecule has 0 atom stereocenters. The van der Waals surface area contributed by atoms with Gasteiger partial charge in [0.15, 0.2) is 0 Å². The molecule has 0 aromatic heterocycles. The Morgan fingerprint density at radius 2 is 1.92 bits per heavy atom. The lowest BCUT2D eigenvalue weighted by Crippen LogP contribution is -2.44. The number of rotatable bonds is 2. The highest BCUT2D eigenvalue weighted by atomic mass is 16.6. The number of hydrogen-bond acceptors (Lipinski definition) is 4. The Morgan fingerprint density at radius 1 is 1.20 bits per heavy atom. The van der Waals surface area contributed by atoms with Gasteiger partial charge in [0.25, 0.3) is 0 Å². The van der Waals surface area contributed by atoms with Crippen molar-refractivity contribution >= 4 is 17.7 Å². The number of piperidine rings is 1. The van der Waals surface area contributed by atoms with Crippen LogP contribution in [0.5, 0.6) is 5.75 Å². The SMILES string of the molecule is CC(C)(C)OC(=O)N1CCC(Oc2ccc3c(c2)NC(=O)CC3)CC1. The van der Waals surface area contributed by atoms with E-state index in [2.05, 4.69) is 5.32 Å². The Kier molecular flexibility index (Phi) is 4.88. The van der Waals surface area contributed by atoms with Gasteiger partial charge >= 0.3 is 6.09 Å². The summed E-state index contributed by atoms with van der Waals surface area (Å²) < 4.78 is 11.5. The Labute approximate surface area is 148 Å². The summed E-state index contributed by atoms with van der Waals surface area (Å²) in [5, 5.41) is 2.89. The van der Waals surface area contributed by atoms with Crippen LogP contribution in [0.25, 0.3) is 0 Å². The maximum atomic E-state index is 12.1. The van der Waals surface area contributed by atoms with E-state index < -0.39 is 5.60 Å². The number of benzene rings is 1. The molecule has 6 nitrogen and oxygen atoms in total. The number of anilines is 1. The molecular formula is C19H26N2O4. The Morgan fingerprint density at radius 3 is 2.60 bits per heavy atom. The van der Waals surface area contributed by atoms with E-state index in [1.165, 1.54) is 0 Å². The van der Waals surface area contributed by atoms with Crippen molar-refractivity contribution in [3.05, 3.63) is 23.8 Å². The molecule has 136 valence electrons. The van der Waals surface area contributed by atoms with Crippen LogP contribution < -0.4 is 10.1 Å². The average Bonchev–Trinajstić information content (AvgIpc) is 2.53. The van der Waals surface area contributed by atoms with Gasteiger partial charge in [0.05, 0.1) is 0 Å². The molecule has 1 aromatic carbocycles. The molecule has 25 heavy (non-hydrogen) atoms. The zero-order chi connectivity index (χ0) is 18.0. The molecule has 2 aliphatic heterocycles. The second-order valence-corrected chi connectivity index (χ2v) is 7.65. The van der Waals surface area contributed by atoms with Crippen molar-refractivity contribution in [1.29, 1.82) is 0 Å². The van der Waals surface area contributed by atoms with Crippen molar-refractivity contribution in [1.82, 2.24) is 4.90 Å². The van der Waals surface area contributed by atoms with Crippen molar-refractivity contribution in [2.24, 2.45) is 0 Å². The smallest absolute Gasteiger partial charge is 0.410 e. The molecule has 0 unspecified atom stereocenters. The van der Waals surface area contributed by atoms with Gasteiger partial charge in [-0.2, -0.15) is 0 Å². The summed E-state index contributed by atoms with van der Waals surface area (Å²) in [5.74, 6) is 0.812. The third-order valence-corrected chi connectivity index (χ3v) is 4.37. The minimum absolute atomic E-state index is 0.0512. The number of nitrogens with one attached hydrogen (secondary N) is 1. The van der Waals surface area contributed by atoms with Gasteiger partial charge in [-0.3, -0.25) is 4.79 Å². The molecule has 0 bridgehead atoms. The first-order chi connectivity index (χ1) is 11.8. The lowest BCUT2D eigenvalue weighted by atomic mass is 10.0. The van der Waals surface area contributed by atoms with Crippen LogP contribution in [0.3, 0.4) is 0 Å². The molecule has 3 rings (SSSR count). The van der Waals surface area contributed by atoms with E-state index in [9.17, 15) is 9.59 Å². The van der Waals surface area contributed by atoms with Crippen molar-refractivity contribution in [2.45, 2.75) is 58.2 Å². The largest absolute Gasteiger partial charge is 0.490 e. The fourth-order valence-electron chi connectivity index (χ4n) is 3.10. The highest BCUT2D eigenvalue weighted by Gasteiger charge is 2.27. The van der Waals surface area contributed by atoms with Crippen molar-refractivity contribution in [3.63, 3.8) is 0 Å².